The van der Waals surface area contributed by atoms with E-state index < -0.39 is 17.5 Å². The molecule has 1 aromatic heterocycles. The Hall–Kier alpha value is -3.22. The summed E-state index contributed by atoms with van der Waals surface area (Å²) in [5.41, 5.74) is 0.897. The second-order valence-electron chi connectivity index (χ2n) is 10.2. The molecule has 0 aromatic carbocycles. The summed E-state index contributed by atoms with van der Waals surface area (Å²) < 4.78 is 16.5. The molecular weight excluding hydrogens is 446 g/mol. The summed E-state index contributed by atoms with van der Waals surface area (Å²) in [4.78, 5) is 41.9. The number of pyridine rings is 1. The van der Waals surface area contributed by atoms with Crippen LogP contribution in [-0.2, 0) is 35.2 Å². The maximum absolute atomic E-state index is 13.7. The molecule has 0 amide bonds. The van der Waals surface area contributed by atoms with E-state index in [0.717, 1.165) is 24.8 Å². The third kappa shape index (κ3) is 4.68. The molecule has 186 valence electrons. The monoisotopic (exact) mass is 479 g/mol. The smallest absolute Gasteiger partial charge is 0.338 e. The van der Waals surface area contributed by atoms with Gasteiger partial charge in [0.15, 0.2) is 0 Å². The molecule has 2 saturated carbocycles. The van der Waals surface area contributed by atoms with Crippen molar-refractivity contribution in [2.24, 2.45) is 22.7 Å². The van der Waals surface area contributed by atoms with E-state index in [1.54, 1.807) is 24.4 Å². The topological polar surface area (TPSA) is 91.8 Å². The zero-order valence-corrected chi connectivity index (χ0v) is 20.6. The van der Waals surface area contributed by atoms with E-state index in [0.29, 0.717) is 17.7 Å². The first-order valence-corrected chi connectivity index (χ1v) is 12.1. The zero-order valence-electron chi connectivity index (χ0n) is 20.6. The van der Waals surface area contributed by atoms with Crippen LogP contribution in [0.2, 0.25) is 0 Å². The summed E-state index contributed by atoms with van der Waals surface area (Å²) in [6, 6.07) is 5.45. The van der Waals surface area contributed by atoms with Crippen LogP contribution < -0.4 is 0 Å². The molecule has 0 bridgehead atoms. The first-order chi connectivity index (χ1) is 16.7. The summed E-state index contributed by atoms with van der Waals surface area (Å²) in [6.07, 6.45) is 9.42. The predicted molar refractivity (Wildman–Crippen MR) is 129 cm³/mol. The number of rotatable bonds is 6. The van der Waals surface area contributed by atoms with Crippen LogP contribution in [0.25, 0.3) is 0 Å². The number of carbonyl (C=O) groups is 3. The maximum atomic E-state index is 13.7. The predicted octanol–water partition coefficient (Wildman–Crippen LogP) is 4.48. The molecule has 7 heteroatoms. The van der Waals surface area contributed by atoms with Gasteiger partial charge in [0.1, 0.15) is 24.7 Å². The molecule has 3 aliphatic rings. The van der Waals surface area contributed by atoms with Crippen LogP contribution in [0.4, 0.5) is 0 Å². The fraction of sp³-hybridized carbons (Fsp3) is 0.500. The van der Waals surface area contributed by atoms with Crippen molar-refractivity contribution in [2.75, 3.05) is 6.61 Å². The molecule has 7 nitrogen and oxygen atoms in total. The number of fused-ring (bicyclic) bond motifs is 1. The molecule has 0 spiro atoms. The van der Waals surface area contributed by atoms with E-state index in [-0.39, 0.29) is 42.4 Å². The van der Waals surface area contributed by atoms with Crippen LogP contribution in [0.15, 0.2) is 60.3 Å². The van der Waals surface area contributed by atoms with Gasteiger partial charge in [-0.05, 0) is 62.1 Å². The Balaban J connectivity index is 1.65. The van der Waals surface area contributed by atoms with Gasteiger partial charge in [0.2, 0.25) is 0 Å². The van der Waals surface area contributed by atoms with Gasteiger partial charge in [-0.15, -0.1) is 0 Å². The second-order valence-corrected chi connectivity index (χ2v) is 10.2. The van der Waals surface area contributed by atoms with Crippen LogP contribution in [0, 0.1) is 22.7 Å². The van der Waals surface area contributed by atoms with Crippen molar-refractivity contribution in [3.05, 3.63) is 66.0 Å². The molecule has 0 unspecified atom stereocenters. The zero-order chi connectivity index (χ0) is 25.2. The summed E-state index contributed by atoms with van der Waals surface area (Å²) in [5.74, 6) is -1.29. The lowest BCUT2D eigenvalue weighted by Gasteiger charge is -2.58. The third-order valence-corrected chi connectivity index (χ3v) is 8.09. The number of aromatic nitrogens is 1. The average Bonchev–Trinajstić information content (AvgIpc) is 3.24. The molecular formula is C28H33NO6. The molecule has 2 heterocycles. The molecule has 1 aliphatic heterocycles. The van der Waals surface area contributed by atoms with Gasteiger partial charge in [-0.1, -0.05) is 37.3 Å². The number of allylic oxidation sites excluding steroid dienone is 2. The Morgan fingerprint density at radius 2 is 2.09 bits per heavy atom. The number of nitrogens with zero attached hydrogens (tertiary/aromatic N) is 1. The van der Waals surface area contributed by atoms with Gasteiger partial charge >= 0.3 is 17.9 Å². The average molecular weight is 480 g/mol. The maximum Gasteiger partial charge on any atom is 0.338 e. The van der Waals surface area contributed by atoms with Crippen LogP contribution in [0.5, 0.6) is 0 Å². The van der Waals surface area contributed by atoms with Crippen LogP contribution >= 0.6 is 0 Å². The Morgan fingerprint density at radius 3 is 2.74 bits per heavy atom. The fourth-order valence-corrected chi connectivity index (χ4v) is 6.28. The highest BCUT2D eigenvalue weighted by Crippen LogP contribution is 2.62. The van der Waals surface area contributed by atoms with E-state index >= 15 is 0 Å². The van der Waals surface area contributed by atoms with Crippen molar-refractivity contribution in [3.8, 4) is 0 Å². The number of esters is 3. The van der Waals surface area contributed by atoms with E-state index in [1.807, 2.05) is 25.1 Å². The van der Waals surface area contributed by atoms with Crippen molar-refractivity contribution in [1.82, 2.24) is 4.98 Å². The quantitative estimate of drug-likeness (QED) is 0.337. The highest BCUT2D eigenvalue weighted by Gasteiger charge is 2.62. The molecule has 35 heavy (non-hydrogen) atoms. The standard InChI is InChI=1S/C28H33NO6/c1-18-8-11-23-27(3,22(18)10-9-20-13-16-33-25(20)31)14-12-24(35-19(2)30)28(23,4)26(32)34-17-21-7-5-6-15-29-21/h5-7,9-10,13,15,22-24H,1,8,11-12,14,16-17H2,2-4H3/b10-9+/t22-,23+,24-,27+,28+/m1/s1. The highest BCUT2D eigenvalue weighted by molar-refractivity contribution is 5.93. The van der Waals surface area contributed by atoms with Gasteiger partial charge < -0.3 is 14.2 Å². The molecule has 2 aliphatic carbocycles. The van der Waals surface area contributed by atoms with Crippen LogP contribution in [-0.4, -0.2) is 35.6 Å². The molecule has 1 aromatic rings. The van der Waals surface area contributed by atoms with Crippen LogP contribution in [0.3, 0.4) is 0 Å². The van der Waals surface area contributed by atoms with Gasteiger partial charge in [0.05, 0.1) is 11.3 Å². The number of cyclic esters (lactones) is 1. The molecule has 4 rings (SSSR count). The van der Waals surface area contributed by atoms with Crippen molar-refractivity contribution in [1.29, 1.82) is 0 Å². The van der Waals surface area contributed by atoms with Gasteiger partial charge in [0, 0.05) is 19.0 Å². The molecule has 0 radical (unpaired) electrons. The lowest BCUT2D eigenvalue weighted by atomic mass is 9.46. The SMILES string of the molecule is C=C1CC[C@H]2[C@@](C)(CC[C@@H](OC(C)=O)[C@@]2(C)C(=O)OCc2ccccn2)[C@@H]1/C=C/C1=CCOC1=O. The van der Waals surface area contributed by atoms with E-state index in [2.05, 4.69) is 18.5 Å². The third-order valence-electron chi connectivity index (χ3n) is 8.09. The minimum Gasteiger partial charge on any atom is -0.461 e. The van der Waals surface area contributed by atoms with E-state index in [9.17, 15) is 14.4 Å². The first-order valence-electron chi connectivity index (χ1n) is 12.1. The van der Waals surface area contributed by atoms with Gasteiger partial charge in [0.25, 0.3) is 0 Å². The number of ether oxygens (including phenoxy) is 3. The number of carbonyl (C=O) groups excluding carboxylic acids is 3. The minimum atomic E-state index is -1.04. The van der Waals surface area contributed by atoms with Crippen LogP contribution in [0.1, 0.15) is 52.1 Å². The second kappa shape index (κ2) is 9.80. The Labute approximate surface area is 206 Å². The number of hydrogen-bond acceptors (Lipinski definition) is 7. The lowest BCUT2D eigenvalue weighted by Crippen LogP contribution is -2.60. The minimum absolute atomic E-state index is 0.0447. The van der Waals surface area contributed by atoms with Crippen molar-refractivity contribution < 1.29 is 28.6 Å². The summed E-state index contributed by atoms with van der Waals surface area (Å²) in [7, 11) is 0. The van der Waals surface area contributed by atoms with Gasteiger partial charge in [-0.2, -0.15) is 0 Å². The highest BCUT2D eigenvalue weighted by atomic mass is 16.6. The Kier molecular flexibility index (Phi) is 6.97. The number of hydrogen-bond donors (Lipinski definition) is 0. The van der Waals surface area contributed by atoms with Crippen molar-refractivity contribution >= 4 is 17.9 Å². The molecule has 5 atom stereocenters. The summed E-state index contributed by atoms with van der Waals surface area (Å²) >= 11 is 0. The van der Waals surface area contributed by atoms with Crippen molar-refractivity contribution in [2.45, 2.75) is 59.2 Å². The fourth-order valence-electron chi connectivity index (χ4n) is 6.28. The normalized spacial score (nSPS) is 32.5. The Morgan fingerprint density at radius 1 is 1.29 bits per heavy atom. The van der Waals surface area contributed by atoms with Crippen molar-refractivity contribution in [3.63, 3.8) is 0 Å². The molecule has 0 N–H and O–H groups in total. The molecule has 2 fully saturated rings. The largest absolute Gasteiger partial charge is 0.461 e. The first kappa shape index (κ1) is 24.9. The van der Waals surface area contributed by atoms with E-state index in [1.165, 1.54) is 6.92 Å². The van der Waals surface area contributed by atoms with Gasteiger partial charge in [-0.3, -0.25) is 14.6 Å². The van der Waals surface area contributed by atoms with Gasteiger partial charge in [-0.25, -0.2) is 4.79 Å². The van der Waals surface area contributed by atoms with E-state index in [4.69, 9.17) is 14.2 Å². The summed E-state index contributed by atoms with van der Waals surface area (Å²) in [6.45, 7) is 10.1. The summed E-state index contributed by atoms with van der Waals surface area (Å²) in [5, 5.41) is 0. The lowest BCUT2D eigenvalue weighted by molar-refractivity contribution is -0.198. The molecule has 0 saturated heterocycles. The Bertz CT molecular complexity index is 1080.